The fourth-order valence-electron chi connectivity index (χ4n) is 5.24. The summed E-state index contributed by atoms with van der Waals surface area (Å²) in [6, 6.07) is 15.1. The Morgan fingerprint density at radius 3 is 2.55 bits per heavy atom. The maximum Gasteiger partial charge on any atom is 0.254 e. The summed E-state index contributed by atoms with van der Waals surface area (Å²) in [5.74, 6) is -0.415. The molecule has 1 aliphatic carbocycles. The van der Waals surface area contributed by atoms with Gasteiger partial charge in [-0.2, -0.15) is 0 Å². The van der Waals surface area contributed by atoms with Crippen molar-refractivity contribution in [3.8, 4) is 0 Å². The van der Waals surface area contributed by atoms with Crippen molar-refractivity contribution in [3.63, 3.8) is 0 Å². The molecule has 0 unspecified atom stereocenters. The molecule has 1 saturated carbocycles. The number of benzene rings is 2. The molecule has 6 heteroatoms. The minimum atomic E-state index is -0.508. The van der Waals surface area contributed by atoms with E-state index in [2.05, 4.69) is 5.32 Å². The molecule has 1 heterocycles. The highest BCUT2D eigenvalue weighted by Crippen LogP contribution is 2.49. The third-order valence-electron chi connectivity index (χ3n) is 6.70. The Hall–Kier alpha value is -2.37. The monoisotopic (exact) mass is 440 g/mol. The molecule has 2 aromatic rings. The Kier molecular flexibility index (Phi) is 6.63. The Labute approximate surface area is 188 Å². The third kappa shape index (κ3) is 4.21. The molecule has 1 N–H and O–H groups in total. The Bertz CT molecular complexity index is 938. The molecule has 2 amide bonds. The fraction of sp³-hybridized carbons (Fsp3) is 0.440. The van der Waals surface area contributed by atoms with Gasteiger partial charge in [0.25, 0.3) is 5.91 Å². The highest BCUT2D eigenvalue weighted by molar-refractivity contribution is 6.30. The van der Waals surface area contributed by atoms with Crippen LogP contribution in [0.4, 0.5) is 0 Å². The lowest BCUT2D eigenvalue weighted by atomic mass is 9.65. The number of hydrogen-bond donors (Lipinski definition) is 1. The molecule has 1 spiro atoms. The van der Waals surface area contributed by atoms with Crippen LogP contribution in [0, 0.1) is 0 Å². The topological polar surface area (TPSA) is 58.6 Å². The van der Waals surface area contributed by atoms with E-state index >= 15 is 0 Å². The van der Waals surface area contributed by atoms with Crippen LogP contribution in [0.15, 0.2) is 48.5 Å². The summed E-state index contributed by atoms with van der Waals surface area (Å²) in [7, 11) is 1.65. The molecular formula is C25H29ClN2O3. The Balaban J connectivity index is 1.70. The van der Waals surface area contributed by atoms with Gasteiger partial charge in [-0.1, -0.05) is 61.2 Å². The summed E-state index contributed by atoms with van der Waals surface area (Å²) < 4.78 is 5.32. The van der Waals surface area contributed by atoms with Gasteiger partial charge in [0.05, 0.1) is 18.1 Å². The predicted octanol–water partition coefficient (Wildman–Crippen LogP) is 4.55. The predicted molar refractivity (Wildman–Crippen MR) is 121 cm³/mol. The van der Waals surface area contributed by atoms with Crippen molar-refractivity contribution >= 4 is 23.4 Å². The van der Waals surface area contributed by atoms with E-state index in [-0.39, 0.29) is 11.8 Å². The summed E-state index contributed by atoms with van der Waals surface area (Å²) in [6.45, 7) is 1.37. The van der Waals surface area contributed by atoms with Gasteiger partial charge in [0.15, 0.2) is 0 Å². The SMILES string of the molecule is COCCN1C(=O)c2ccccc2[C@H](C(=O)NCc2ccc(Cl)cc2)C12CCCCC2. The van der Waals surface area contributed by atoms with Crippen molar-refractivity contribution in [1.82, 2.24) is 10.2 Å². The molecule has 2 aliphatic rings. The molecule has 164 valence electrons. The van der Waals surface area contributed by atoms with E-state index in [1.54, 1.807) is 7.11 Å². The largest absolute Gasteiger partial charge is 0.383 e. The number of hydrogen-bond acceptors (Lipinski definition) is 3. The van der Waals surface area contributed by atoms with Crippen molar-refractivity contribution < 1.29 is 14.3 Å². The van der Waals surface area contributed by atoms with Crippen LogP contribution in [0.1, 0.15) is 59.5 Å². The molecule has 0 aromatic heterocycles. The number of carbonyl (C=O) groups excluding carboxylic acids is 2. The summed E-state index contributed by atoms with van der Waals surface area (Å²) in [5.41, 5.74) is 1.96. The average molecular weight is 441 g/mol. The fourth-order valence-corrected chi connectivity index (χ4v) is 5.37. The molecule has 0 bridgehead atoms. The first-order valence-electron chi connectivity index (χ1n) is 11.0. The van der Waals surface area contributed by atoms with Crippen LogP contribution in [0.3, 0.4) is 0 Å². The third-order valence-corrected chi connectivity index (χ3v) is 6.95. The zero-order valence-electron chi connectivity index (χ0n) is 17.9. The molecule has 1 atom stereocenters. The van der Waals surface area contributed by atoms with Gasteiger partial charge in [0, 0.05) is 30.8 Å². The second-order valence-electron chi connectivity index (χ2n) is 8.48. The van der Waals surface area contributed by atoms with Crippen LogP contribution in [0.25, 0.3) is 0 Å². The number of carbonyl (C=O) groups is 2. The molecule has 31 heavy (non-hydrogen) atoms. The van der Waals surface area contributed by atoms with Gasteiger partial charge in [0.2, 0.25) is 5.91 Å². The van der Waals surface area contributed by atoms with E-state index < -0.39 is 11.5 Å². The van der Waals surface area contributed by atoms with Crippen molar-refractivity contribution in [2.45, 2.75) is 50.1 Å². The van der Waals surface area contributed by atoms with Crippen LogP contribution in [0.5, 0.6) is 0 Å². The van der Waals surface area contributed by atoms with E-state index in [0.29, 0.717) is 30.3 Å². The quantitative estimate of drug-likeness (QED) is 0.717. The number of rotatable bonds is 6. The first-order chi connectivity index (χ1) is 15.1. The minimum absolute atomic E-state index is 0.0105. The van der Waals surface area contributed by atoms with Crippen LogP contribution < -0.4 is 5.32 Å². The first-order valence-corrected chi connectivity index (χ1v) is 11.4. The standard InChI is InChI=1S/C25H29ClN2O3/c1-31-16-15-28-24(30)21-8-4-3-7-20(21)22(25(28)13-5-2-6-14-25)23(29)27-17-18-9-11-19(26)12-10-18/h3-4,7-12,22H,2,5-6,13-17H2,1H3,(H,27,29)/t22-/m1/s1. The molecule has 5 nitrogen and oxygen atoms in total. The molecule has 1 aliphatic heterocycles. The summed E-state index contributed by atoms with van der Waals surface area (Å²) >= 11 is 5.99. The molecule has 1 fully saturated rings. The summed E-state index contributed by atoms with van der Waals surface area (Å²) in [6.07, 6.45) is 4.82. The Morgan fingerprint density at radius 1 is 1.13 bits per heavy atom. The maximum atomic E-state index is 13.7. The first kappa shape index (κ1) is 21.8. The number of methoxy groups -OCH3 is 1. The van der Waals surface area contributed by atoms with Gasteiger partial charge in [-0.25, -0.2) is 0 Å². The van der Waals surface area contributed by atoms with E-state index in [9.17, 15) is 9.59 Å². The van der Waals surface area contributed by atoms with Crippen LogP contribution in [-0.2, 0) is 16.1 Å². The smallest absolute Gasteiger partial charge is 0.254 e. The molecule has 0 saturated heterocycles. The number of halogens is 1. The lowest BCUT2D eigenvalue weighted by molar-refractivity contribution is -0.127. The minimum Gasteiger partial charge on any atom is -0.383 e. The van der Waals surface area contributed by atoms with Gasteiger partial charge in [0.1, 0.15) is 0 Å². The highest BCUT2D eigenvalue weighted by atomic mass is 35.5. The maximum absolute atomic E-state index is 13.7. The van der Waals surface area contributed by atoms with Gasteiger partial charge in [-0.05, 0) is 42.2 Å². The van der Waals surface area contributed by atoms with E-state index in [1.807, 2.05) is 53.4 Å². The van der Waals surface area contributed by atoms with Crippen LogP contribution in [0.2, 0.25) is 5.02 Å². The van der Waals surface area contributed by atoms with Crippen LogP contribution >= 0.6 is 11.6 Å². The summed E-state index contributed by atoms with van der Waals surface area (Å²) in [4.78, 5) is 29.1. The number of nitrogens with zero attached hydrogens (tertiary/aromatic N) is 1. The summed E-state index contributed by atoms with van der Waals surface area (Å²) in [5, 5.41) is 3.81. The van der Waals surface area contributed by atoms with Crippen molar-refractivity contribution in [2.24, 2.45) is 0 Å². The number of fused-ring (bicyclic) bond motifs is 1. The average Bonchev–Trinajstić information content (AvgIpc) is 2.79. The molecule has 0 radical (unpaired) electrons. The second kappa shape index (κ2) is 9.41. The normalized spacial score (nSPS) is 19.9. The molecular weight excluding hydrogens is 412 g/mol. The Morgan fingerprint density at radius 2 is 1.84 bits per heavy atom. The van der Waals surface area contributed by atoms with E-state index in [1.165, 1.54) is 0 Å². The van der Waals surface area contributed by atoms with E-state index in [0.717, 1.165) is 43.2 Å². The van der Waals surface area contributed by atoms with Gasteiger partial charge < -0.3 is 15.0 Å². The van der Waals surface area contributed by atoms with Crippen LogP contribution in [-0.4, -0.2) is 42.5 Å². The lowest BCUT2D eigenvalue weighted by Gasteiger charge is -2.53. The molecule has 4 rings (SSSR count). The lowest BCUT2D eigenvalue weighted by Crippen LogP contribution is -2.63. The zero-order valence-corrected chi connectivity index (χ0v) is 18.7. The van der Waals surface area contributed by atoms with Gasteiger partial charge in [-0.15, -0.1) is 0 Å². The van der Waals surface area contributed by atoms with E-state index in [4.69, 9.17) is 16.3 Å². The van der Waals surface area contributed by atoms with Gasteiger partial charge >= 0.3 is 0 Å². The highest BCUT2D eigenvalue weighted by Gasteiger charge is 2.54. The van der Waals surface area contributed by atoms with Gasteiger partial charge in [-0.3, -0.25) is 9.59 Å². The van der Waals surface area contributed by atoms with Crippen molar-refractivity contribution in [1.29, 1.82) is 0 Å². The number of ether oxygens (including phenoxy) is 1. The van der Waals surface area contributed by atoms with Crippen molar-refractivity contribution in [2.75, 3.05) is 20.3 Å². The zero-order chi connectivity index (χ0) is 21.8. The molecule has 2 aromatic carbocycles. The number of nitrogens with one attached hydrogen (secondary N) is 1. The van der Waals surface area contributed by atoms with Crippen molar-refractivity contribution in [3.05, 3.63) is 70.2 Å². The second-order valence-corrected chi connectivity index (χ2v) is 8.91. The number of amides is 2.